The Morgan fingerprint density at radius 2 is 1.17 bits per heavy atom. The van der Waals surface area contributed by atoms with Crippen LogP contribution in [0.2, 0.25) is 0 Å². The van der Waals surface area contributed by atoms with Crippen molar-refractivity contribution in [1.29, 1.82) is 5.26 Å². The monoisotopic (exact) mass is 995 g/mol. The molecule has 15 nitrogen and oxygen atoms in total. The molecule has 0 aliphatic heterocycles. The van der Waals surface area contributed by atoms with Gasteiger partial charge in [-0.05, 0) is 127 Å². The number of rotatable bonds is 24. The molecule has 6 unspecified atom stereocenters. The van der Waals surface area contributed by atoms with Crippen molar-refractivity contribution in [3.8, 4) is 11.8 Å². The largest absolute Gasteiger partial charge is 0.508 e. The Labute approximate surface area is 425 Å². The molecule has 2 aliphatic carbocycles. The second-order valence-corrected chi connectivity index (χ2v) is 26.6. The highest BCUT2D eigenvalue weighted by atomic mass is 16.5. The lowest BCUT2D eigenvalue weighted by Gasteiger charge is -2.54. The van der Waals surface area contributed by atoms with Gasteiger partial charge in [-0.3, -0.25) is 24.0 Å². The number of ether oxygens (including phenoxy) is 3. The number of aromatic hydroxyl groups is 1. The van der Waals surface area contributed by atoms with Gasteiger partial charge in [0.2, 0.25) is 5.91 Å². The van der Waals surface area contributed by atoms with Crippen LogP contribution in [0.4, 0.5) is 10.5 Å². The van der Waals surface area contributed by atoms with Gasteiger partial charge < -0.3 is 40.4 Å². The summed E-state index contributed by atoms with van der Waals surface area (Å²) in [5.74, 6) is -2.56. The molecular weight excluding hydrogens is 905 g/mol. The smallest absolute Gasteiger partial charge is 0.319 e. The Kier molecular flexibility index (Phi) is 17.5. The van der Waals surface area contributed by atoms with E-state index in [1.165, 1.54) is 12.1 Å². The van der Waals surface area contributed by atoms with Crippen molar-refractivity contribution >= 4 is 41.5 Å². The molecule has 0 aromatic heterocycles. The zero-order valence-corrected chi connectivity index (χ0v) is 46.8. The SMILES string of the molecule is CCOC(=O)C1(CC(C)(C)C(C)(C)C(C)(CC(C)(C)C)C(=O)O)CC1(C)C(C)(C)CC1(C(=O)OCCNC(=O)Nc2ccc(O)cc2)CC1(C)C(C)(C)CC(C)(C(=O)OCCNC(=O)CC#N)C(C)(C)C. The van der Waals surface area contributed by atoms with Crippen LogP contribution in [0.1, 0.15) is 176 Å². The van der Waals surface area contributed by atoms with E-state index < -0.39 is 89.4 Å². The number of amides is 3. The average Bonchev–Trinajstić information content (AvgIpc) is 4.07. The van der Waals surface area contributed by atoms with E-state index in [-0.39, 0.29) is 56.5 Å². The molecule has 0 spiro atoms. The Bertz CT molecular complexity index is 2200. The van der Waals surface area contributed by atoms with Crippen LogP contribution in [0.5, 0.6) is 5.75 Å². The van der Waals surface area contributed by atoms with Crippen LogP contribution in [0.25, 0.3) is 0 Å². The Morgan fingerprint density at radius 1 is 0.676 bits per heavy atom. The van der Waals surface area contributed by atoms with Crippen molar-refractivity contribution in [1.82, 2.24) is 10.6 Å². The van der Waals surface area contributed by atoms with Crippen LogP contribution in [0.3, 0.4) is 0 Å². The molecule has 1 aromatic rings. The Balaban J connectivity index is 2.10. The molecular formula is C56H90N4O11. The van der Waals surface area contributed by atoms with Gasteiger partial charge in [0.05, 0.1) is 47.4 Å². The number of carbonyl (C=O) groups excluding carboxylic acids is 5. The first-order valence-electron chi connectivity index (χ1n) is 25.3. The Hall–Kier alpha value is -4.87. The molecule has 0 radical (unpaired) electrons. The molecule has 5 N–H and O–H groups in total. The van der Waals surface area contributed by atoms with Crippen molar-refractivity contribution in [2.45, 2.75) is 176 Å². The molecule has 71 heavy (non-hydrogen) atoms. The number of benzene rings is 1. The molecule has 2 fully saturated rings. The first-order chi connectivity index (χ1) is 32.1. The number of hydrogen-bond acceptors (Lipinski definition) is 11. The predicted octanol–water partition coefficient (Wildman–Crippen LogP) is 10.8. The zero-order chi connectivity index (χ0) is 54.9. The van der Waals surface area contributed by atoms with Crippen LogP contribution < -0.4 is 16.0 Å². The number of aliphatic carboxylic acids is 1. The molecule has 2 aliphatic rings. The lowest BCUT2D eigenvalue weighted by molar-refractivity contribution is -0.171. The molecule has 3 amide bonds. The first kappa shape index (κ1) is 60.4. The van der Waals surface area contributed by atoms with Crippen molar-refractivity contribution in [2.75, 3.05) is 38.2 Å². The number of nitrogens with one attached hydrogen (secondary N) is 3. The normalized spacial score (nSPS) is 24.2. The third-order valence-electron chi connectivity index (χ3n) is 18.7. The number of carboxylic acids is 1. The number of nitrogens with zero attached hydrogens (tertiary/aromatic N) is 1. The van der Waals surface area contributed by atoms with Crippen LogP contribution in [-0.4, -0.2) is 78.9 Å². The van der Waals surface area contributed by atoms with E-state index in [4.69, 9.17) is 19.5 Å². The van der Waals surface area contributed by atoms with Gasteiger partial charge in [-0.25, -0.2) is 4.79 Å². The maximum Gasteiger partial charge on any atom is 0.319 e. The number of phenolic OH excluding ortho intramolecular Hbond substituents is 1. The van der Waals surface area contributed by atoms with E-state index in [2.05, 4.69) is 71.3 Å². The van der Waals surface area contributed by atoms with E-state index in [0.29, 0.717) is 44.2 Å². The van der Waals surface area contributed by atoms with Crippen molar-refractivity contribution in [3.05, 3.63) is 24.3 Å². The fourth-order valence-corrected chi connectivity index (χ4v) is 12.2. The lowest BCUT2D eigenvalue weighted by Crippen LogP contribution is -2.53. The van der Waals surface area contributed by atoms with Gasteiger partial charge >= 0.3 is 29.9 Å². The van der Waals surface area contributed by atoms with Crippen LogP contribution >= 0.6 is 0 Å². The standard InChI is InChI=1S/C56H90N4O11/c1-20-69-42(66)55(33-47(8,9)50(14,15)51(16,40(63)64)31-45(2,3)4)36-54(55,19)49(12,13)34-56(43(67)71-30-28-59-44(68)60-37-21-23-38(61)24-22-37)35-53(56,18)48(10,11)32-52(17,46(5,6)7)41(65)70-29-27-58-39(62)25-26-57/h21-24,61H,20,25,27-36H2,1-19H3,(H,58,62)(H,63,64)(H2,59,60,68). The number of urea groups is 1. The number of hydrogen-bond donors (Lipinski definition) is 5. The van der Waals surface area contributed by atoms with Gasteiger partial charge in [-0.1, -0.05) is 111 Å². The summed E-state index contributed by atoms with van der Waals surface area (Å²) in [5.41, 5.74) is -9.38. The maximum atomic E-state index is 15.1. The van der Waals surface area contributed by atoms with Crippen molar-refractivity contribution in [2.24, 2.45) is 65.0 Å². The highest BCUT2D eigenvalue weighted by Gasteiger charge is 2.82. The van der Waals surface area contributed by atoms with Gasteiger partial charge in [-0.15, -0.1) is 0 Å². The zero-order valence-electron chi connectivity index (χ0n) is 46.8. The van der Waals surface area contributed by atoms with E-state index in [1.54, 1.807) is 25.1 Å². The first-order valence-corrected chi connectivity index (χ1v) is 25.3. The van der Waals surface area contributed by atoms with Crippen LogP contribution in [-0.2, 0) is 38.2 Å². The number of carboxylic acid groups (broad SMARTS) is 1. The summed E-state index contributed by atoms with van der Waals surface area (Å²) in [6.45, 7) is 38.1. The maximum absolute atomic E-state index is 15.1. The summed E-state index contributed by atoms with van der Waals surface area (Å²) < 4.78 is 17.9. The average molecular weight is 995 g/mol. The lowest BCUT2D eigenvalue weighted by atomic mass is 9.48. The van der Waals surface area contributed by atoms with Gasteiger partial charge in [0.1, 0.15) is 25.4 Å². The van der Waals surface area contributed by atoms with Crippen molar-refractivity contribution < 1.29 is 53.2 Å². The summed E-state index contributed by atoms with van der Waals surface area (Å²) in [6.07, 6.45) is 1.89. The summed E-state index contributed by atoms with van der Waals surface area (Å²) in [7, 11) is 0. The van der Waals surface area contributed by atoms with Crippen LogP contribution in [0, 0.1) is 76.3 Å². The number of anilines is 1. The second kappa shape index (κ2) is 20.6. The van der Waals surface area contributed by atoms with Crippen molar-refractivity contribution in [3.63, 3.8) is 0 Å². The summed E-state index contributed by atoms with van der Waals surface area (Å²) in [4.78, 5) is 82.2. The quantitative estimate of drug-likeness (QED) is 0.0282. The Morgan fingerprint density at radius 3 is 1.66 bits per heavy atom. The minimum absolute atomic E-state index is 0.000825. The summed E-state index contributed by atoms with van der Waals surface area (Å²) >= 11 is 0. The molecule has 2 saturated carbocycles. The fraction of sp³-hybridized carbons (Fsp3) is 0.768. The molecule has 400 valence electrons. The number of phenols is 1. The van der Waals surface area contributed by atoms with E-state index in [0.717, 1.165) is 0 Å². The predicted molar refractivity (Wildman–Crippen MR) is 274 cm³/mol. The van der Waals surface area contributed by atoms with E-state index in [9.17, 15) is 34.2 Å². The molecule has 1 aromatic carbocycles. The number of carbonyl (C=O) groups is 6. The van der Waals surface area contributed by atoms with Gasteiger partial charge in [0, 0.05) is 5.69 Å². The molecule has 15 heteroatoms. The second-order valence-electron chi connectivity index (χ2n) is 26.6. The number of esters is 3. The minimum atomic E-state index is -1.16. The third-order valence-corrected chi connectivity index (χ3v) is 18.7. The highest BCUT2D eigenvalue weighted by Crippen LogP contribution is 2.83. The molecule has 3 rings (SSSR count). The van der Waals surface area contributed by atoms with Gasteiger partial charge in [0.25, 0.3) is 0 Å². The molecule has 0 heterocycles. The molecule has 0 bridgehead atoms. The molecule has 0 saturated heterocycles. The summed E-state index contributed by atoms with van der Waals surface area (Å²) in [5, 5.41) is 37.5. The molecule has 6 atom stereocenters. The minimum Gasteiger partial charge on any atom is -0.508 e. The van der Waals surface area contributed by atoms with Gasteiger partial charge in [-0.2, -0.15) is 5.26 Å². The fourth-order valence-electron chi connectivity index (χ4n) is 12.2. The summed E-state index contributed by atoms with van der Waals surface area (Å²) in [6, 6.07) is 7.28. The van der Waals surface area contributed by atoms with E-state index >= 15 is 4.79 Å². The topological polar surface area (TPSA) is 230 Å². The van der Waals surface area contributed by atoms with E-state index in [1.807, 2.05) is 69.2 Å². The highest BCUT2D eigenvalue weighted by molar-refractivity contribution is 5.89. The van der Waals surface area contributed by atoms with Crippen LogP contribution in [0.15, 0.2) is 24.3 Å². The van der Waals surface area contributed by atoms with Gasteiger partial charge in [0.15, 0.2) is 0 Å². The number of nitriles is 1. The third kappa shape index (κ3) is 11.8.